The van der Waals surface area contributed by atoms with Crippen LogP contribution in [-0.4, -0.2) is 130 Å². The zero-order chi connectivity index (χ0) is 51.3. The zero-order valence-electron chi connectivity index (χ0n) is 41.1. The van der Waals surface area contributed by atoms with E-state index < -0.39 is 102 Å². The molecule has 72 heavy (non-hydrogen) atoms. The van der Waals surface area contributed by atoms with Crippen LogP contribution in [0.2, 0.25) is 0 Å². The van der Waals surface area contributed by atoms with Crippen LogP contribution < -0.4 is 37.6 Å². The third-order valence-electron chi connectivity index (χ3n) is 14.0. The molecule has 3 saturated heterocycles. The lowest BCUT2D eigenvalue weighted by Crippen LogP contribution is -2.62. The summed E-state index contributed by atoms with van der Waals surface area (Å²) in [5, 5.41) is 19.5. The Hall–Kier alpha value is -7.31. The van der Waals surface area contributed by atoms with Crippen molar-refractivity contribution in [1.82, 2.24) is 46.7 Å². The number of H-pyrrole nitrogens is 1. The smallest absolute Gasteiger partial charge is 0.246 e. The van der Waals surface area contributed by atoms with Crippen LogP contribution in [0.3, 0.4) is 0 Å². The van der Waals surface area contributed by atoms with E-state index in [2.05, 4.69) is 36.9 Å². The number of hydrogen-bond donors (Lipinski definition) is 8. The van der Waals surface area contributed by atoms with Gasteiger partial charge in [-0.1, -0.05) is 80.4 Å². The quantitative estimate of drug-likeness (QED) is 0.109. The first-order chi connectivity index (χ1) is 34.7. The molecule has 7 rings (SSSR count). The van der Waals surface area contributed by atoms with E-state index in [1.807, 2.05) is 73.7 Å². The minimum atomic E-state index is -1.43. The largest absolute Gasteiger partial charge is 0.368 e. The number of carbonyl (C=O) groups excluding carboxylic acids is 9. The lowest BCUT2D eigenvalue weighted by Gasteiger charge is -2.38. The summed E-state index contributed by atoms with van der Waals surface area (Å²) in [6, 6.07) is 12.9. The second kappa shape index (κ2) is 24.7. The first-order valence-corrected chi connectivity index (χ1v) is 25.4. The Morgan fingerprint density at radius 1 is 0.736 bits per heavy atom. The number of piperidine rings is 1. The second-order valence-electron chi connectivity index (χ2n) is 19.3. The van der Waals surface area contributed by atoms with E-state index in [1.165, 1.54) is 16.7 Å². The molecule has 1 aromatic heterocycles. The summed E-state index contributed by atoms with van der Waals surface area (Å²) in [6.07, 6.45) is 5.76. The number of aromatic nitrogens is 1. The van der Waals surface area contributed by atoms with Crippen molar-refractivity contribution in [2.24, 2.45) is 5.73 Å². The average Bonchev–Trinajstić information content (AvgIpc) is 4.03. The van der Waals surface area contributed by atoms with Gasteiger partial charge >= 0.3 is 0 Å². The third-order valence-corrected chi connectivity index (χ3v) is 14.0. The monoisotopic (exact) mass is 989 g/mol. The molecular weight excluding hydrogens is 921 g/mol. The fraction of sp³-hybridized carbons (Fsp3) is 0.491. The number of nitrogens with two attached hydrogens (primary N) is 1. The zero-order valence-corrected chi connectivity index (χ0v) is 41.1. The number of nitrogens with zero attached hydrogens (tertiary/aromatic N) is 2. The van der Waals surface area contributed by atoms with E-state index in [0.717, 1.165) is 39.2 Å². The van der Waals surface area contributed by atoms with E-state index in [4.69, 9.17) is 5.73 Å². The number of nitrogens with one attached hydrogen (secondary N) is 7. The summed E-state index contributed by atoms with van der Waals surface area (Å²) < 4.78 is 0. The molecule has 384 valence electrons. The van der Waals surface area contributed by atoms with Crippen molar-refractivity contribution < 1.29 is 43.2 Å². The molecule has 0 aliphatic carbocycles. The van der Waals surface area contributed by atoms with Crippen LogP contribution in [0.5, 0.6) is 0 Å². The van der Waals surface area contributed by atoms with Gasteiger partial charge in [0.15, 0.2) is 0 Å². The van der Waals surface area contributed by atoms with Crippen LogP contribution >= 0.6 is 0 Å². The molecule has 0 saturated carbocycles. The van der Waals surface area contributed by atoms with Crippen LogP contribution in [0.1, 0.15) is 102 Å². The summed E-state index contributed by atoms with van der Waals surface area (Å²) in [7, 11) is 0. The number of hydrogen-bond acceptors (Lipinski definition) is 9. The summed E-state index contributed by atoms with van der Waals surface area (Å²) in [5.41, 5.74) is 8.10. The third kappa shape index (κ3) is 13.3. The maximum absolute atomic E-state index is 15.1. The summed E-state index contributed by atoms with van der Waals surface area (Å²) >= 11 is 0. The number of benzene rings is 3. The van der Waals surface area contributed by atoms with Crippen LogP contribution in [0.25, 0.3) is 21.7 Å². The fourth-order valence-electron chi connectivity index (χ4n) is 10.1. The second-order valence-corrected chi connectivity index (χ2v) is 19.3. The van der Waals surface area contributed by atoms with E-state index >= 15 is 4.79 Å². The molecule has 4 aromatic rings. The van der Waals surface area contributed by atoms with Gasteiger partial charge in [-0.25, -0.2) is 0 Å². The highest BCUT2D eigenvalue weighted by Crippen LogP contribution is 2.25. The van der Waals surface area contributed by atoms with Gasteiger partial charge in [-0.15, -0.1) is 0 Å². The number of amides is 9. The Morgan fingerprint density at radius 2 is 1.42 bits per heavy atom. The van der Waals surface area contributed by atoms with Gasteiger partial charge in [0.25, 0.3) is 0 Å². The van der Waals surface area contributed by atoms with E-state index in [9.17, 15) is 38.4 Å². The molecule has 7 atom stereocenters. The van der Waals surface area contributed by atoms with Crippen molar-refractivity contribution in [2.45, 2.75) is 146 Å². The maximum atomic E-state index is 15.1. The van der Waals surface area contributed by atoms with Crippen LogP contribution in [-0.2, 0) is 56.0 Å². The number of aromatic amines is 1. The molecule has 19 nitrogen and oxygen atoms in total. The average molecular weight is 989 g/mol. The van der Waals surface area contributed by atoms with Crippen molar-refractivity contribution >= 4 is 74.8 Å². The molecule has 0 unspecified atom stereocenters. The molecule has 4 heterocycles. The Balaban J connectivity index is 1.23. The van der Waals surface area contributed by atoms with Gasteiger partial charge in [-0.05, 0) is 85.8 Å². The topological polar surface area (TPSA) is 274 Å². The Labute approximate surface area is 418 Å². The van der Waals surface area contributed by atoms with Gasteiger partial charge in [0.05, 0.1) is 6.42 Å². The van der Waals surface area contributed by atoms with Crippen molar-refractivity contribution in [2.75, 3.05) is 19.6 Å². The van der Waals surface area contributed by atoms with Crippen molar-refractivity contribution in [3.63, 3.8) is 0 Å². The fourth-order valence-corrected chi connectivity index (χ4v) is 10.1. The highest BCUT2D eigenvalue weighted by atomic mass is 16.2. The predicted octanol–water partition coefficient (Wildman–Crippen LogP) is 2.29. The van der Waals surface area contributed by atoms with Crippen molar-refractivity contribution in [3.05, 3.63) is 84.1 Å². The Kier molecular flexibility index (Phi) is 18.0. The molecule has 19 heteroatoms. The molecule has 0 radical (unpaired) electrons. The lowest BCUT2D eigenvalue weighted by molar-refractivity contribution is -0.148. The Morgan fingerprint density at radius 3 is 2.17 bits per heavy atom. The van der Waals surface area contributed by atoms with E-state index in [-0.39, 0.29) is 58.2 Å². The van der Waals surface area contributed by atoms with Gasteiger partial charge < -0.3 is 52.4 Å². The van der Waals surface area contributed by atoms with Gasteiger partial charge in [-0.3, -0.25) is 43.2 Å². The molecule has 0 spiro atoms. The minimum absolute atomic E-state index is 0.0299. The molecule has 3 fully saturated rings. The molecule has 9 amide bonds. The predicted molar refractivity (Wildman–Crippen MR) is 269 cm³/mol. The summed E-state index contributed by atoms with van der Waals surface area (Å²) in [4.78, 5) is 132. The molecule has 0 bridgehead atoms. The van der Waals surface area contributed by atoms with Gasteiger partial charge in [0, 0.05) is 56.5 Å². The first kappa shape index (κ1) is 52.5. The van der Waals surface area contributed by atoms with E-state index in [0.29, 0.717) is 38.5 Å². The summed E-state index contributed by atoms with van der Waals surface area (Å²) in [5.74, 6) is -5.56. The lowest BCUT2D eigenvalue weighted by atomic mass is 9.97. The number of para-hydroxylation sites is 1. The first-order valence-electron chi connectivity index (χ1n) is 25.4. The number of primary amides is 1. The van der Waals surface area contributed by atoms with Gasteiger partial charge in [-0.2, -0.15) is 0 Å². The van der Waals surface area contributed by atoms with Crippen LogP contribution in [0.15, 0.2) is 72.9 Å². The van der Waals surface area contributed by atoms with Gasteiger partial charge in [0.2, 0.25) is 53.2 Å². The number of carbonyl (C=O) groups is 9. The number of fused-ring (bicyclic) bond motifs is 4. The van der Waals surface area contributed by atoms with Crippen LogP contribution in [0.4, 0.5) is 0 Å². The molecule has 3 aromatic carbocycles. The SMILES string of the molecule is CCCC[C@H](NC(C)=O)C(=O)N[C@H]1CC(=O)NCCCC[C@@H](C(N)=O)NC(=O)[C@H](Cc2c[nH]c3ccccc23)NC(=O)[C@@H]2CCCN2C(=O)[C@@H](Cc2ccc3ccccc3c2)NC(=O)[C@H]2CCCCN2C1=O. The highest BCUT2D eigenvalue weighted by molar-refractivity contribution is 5.99. The van der Waals surface area contributed by atoms with Crippen molar-refractivity contribution in [1.29, 1.82) is 0 Å². The summed E-state index contributed by atoms with van der Waals surface area (Å²) in [6.45, 7) is 3.63. The number of unbranched alkanes of at least 4 members (excludes halogenated alkanes) is 1. The normalized spacial score (nSPS) is 23.8. The highest BCUT2D eigenvalue weighted by Gasteiger charge is 2.42. The molecule has 3 aliphatic rings. The van der Waals surface area contributed by atoms with E-state index in [1.54, 1.807) is 6.20 Å². The Bertz CT molecular complexity index is 2650. The van der Waals surface area contributed by atoms with Crippen LogP contribution in [0, 0.1) is 0 Å². The molecular formula is C53H68N10O9. The van der Waals surface area contributed by atoms with Crippen molar-refractivity contribution in [3.8, 4) is 0 Å². The molecule has 3 aliphatic heterocycles. The molecule has 9 N–H and O–H groups in total. The minimum Gasteiger partial charge on any atom is -0.368 e. The maximum Gasteiger partial charge on any atom is 0.246 e. The van der Waals surface area contributed by atoms with Gasteiger partial charge in [0.1, 0.15) is 42.3 Å². The number of rotatable bonds is 11. The standard InChI is InChI=1S/C53H68N10O9/c1-3-4-17-40(57-32(2)64)48(67)60-43-30-46(65)55-24-11-9-19-39(47(54)66)58-49(68)41(29-36-31-56-38-18-8-7-16-37(36)38)59-50(69)45-21-13-26-63(45)52(71)42(28-33-22-23-34-14-5-6-15-35(34)27-33)61-51(70)44-20-10-12-25-62(44)53(43)72/h5-8,14-16,18,22-23,27,31,39-45,56H,3-4,9-13,17,19-21,24-26,28-30H2,1-2H3,(H2,54,66)(H,55,65)(H,57,64)(H,58,68)(H,59,69)(H,60,67)(H,61,70)/t39-,40-,41-,42+,43-,44+,45-/m0/s1.